The lowest BCUT2D eigenvalue weighted by Gasteiger charge is -2.58. The van der Waals surface area contributed by atoms with Gasteiger partial charge in [-0.05, 0) is 68.1 Å². The van der Waals surface area contributed by atoms with Gasteiger partial charge in [-0.15, -0.1) is 0 Å². The Morgan fingerprint density at radius 3 is 2.67 bits per heavy atom. The van der Waals surface area contributed by atoms with E-state index in [1.54, 1.807) is 0 Å². The molecule has 0 radical (unpaired) electrons. The number of aliphatic hydroxyl groups excluding tert-OH is 2. The molecule has 4 heteroatoms. The van der Waals surface area contributed by atoms with Crippen molar-refractivity contribution in [2.24, 2.45) is 28.6 Å². The molecule has 1 aliphatic heterocycles. The predicted molar refractivity (Wildman–Crippen MR) is 87.9 cm³/mol. The average Bonchev–Trinajstić information content (AvgIpc) is 3.23. The number of ether oxygens (including phenoxy) is 1. The van der Waals surface area contributed by atoms with Crippen molar-refractivity contribution in [1.29, 1.82) is 5.26 Å². The number of allylic oxidation sites excluding steroid dienone is 1. The minimum Gasteiger partial charge on any atom is -0.508 e. The standard InChI is InChI=1S/C20H27NO3/c1-18-7-6-14-12(13(18)3-4-15(18)22)5-8-20-17(24-20)16(23)11(10-21)9-19(14,20)2/h12-15,17,22-23H,3-9H2,1-2H3/t12-,13+,14-,15+,17-,18-,19+,20+/m0/s1. The third kappa shape index (κ3) is 1.48. The smallest absolute Gasteiger partial charge is 0.146 e. The number of nitriles is 1. The van der Waals surface area contributed by atoms with Gasteiger partial charge in [0.1, 0.15) is 17.5 Å². The lowest BCUT2D eigenvalue weighted by atomic mass is 9.45. The molecule has 1 spiro atoms. The second kappa shape index (κ2) is 4.37. The van der Waals surface area contributed by atoms with Crippen LogP contribution in [-0.2, 0) is 4.74 Å². The zero-order valence-electron chi connectivity index (χ0n) is 14.6. The average molecular weight is 329 g/mol. The number of fused-ring (bicyclic) bond motifs is 4. The summed E-state index contributed by atoms with van der Waals surface area (Å²) in [5.74, 6) is 1.96. The van der Waals surface area contributed by atoms with E-state index in [0.29, 0.717) is 29.7 Å². The minimum absolute atomic E-state index is 0.0489. The van der Waals surface area contributed by atoms with Crippen LogP contribution in [-0.4, -0.2) is 28.0 Å². The van der Waals surface area contributed by atoms with E-state index in [1.807, 2.05) is 0 Å². The lowest BCUT2D eigenvalue weighted by Crippen LogP contribution is -2.57. The molecule has 0 aromatic carbocycles. The van der Waals surface area contributed by atoms with Crippen molar-refractivity contribution in [1.82, 2.24) is 0 Å². The van der Waals surface area contributed by atoms with Crippen LogP contribution >= 0.6 is 0 Å². The van der Waals surface area contributed by atoms with Gasteiger partial charge >= 0.3 is 0 Å². The molecule has 0 aromatic rings. The summed E-state index contributed by atoms with van der Waals surface area (Å²) < 4.78 is 6.11. The molecule has 0 unspecified atom stereocenters. The quantitative estimate of drug-likeness (QED) is 0.667. The van der Waals surface area contributed by atoms with Gasteiger partial charge in [-0.25, -0.2) is 0 Å². The third-order valence-electron chi connectivity index (χ3n) is 8.95. The van der Waals surface area contributed by atoms with E-state index in [1.165, 1.54) is 0 Å². The molecular formula is C20H27NO3. The summed E-state index contributed by atoms with van der Waals surface area (Å²) in [6, 6.07) is 2.23. The lowest BCUT2D eigenvalue weighted by molar-refractivity contribution is -0.116. The number of rotatable bonds is 0. The molecule has 0 bridgehead atoms. The van der Waals surface area contributed by atoms with Gasteiger partial charge in [-0.2, -0.15) is 5.26 Å². The summed E-state index contributed by atoms with van der Waals surface area (Å²) in [5, 5.41) is 30.4. The molecule has 4 aliphatic carbocycles. The largest absolute Gasteiger partial charge is 0.508 e. The fourth-order valence-electron chi connectivity index (χ4n) is 7.50. The highest BCUT2D eigenvalue weighted by Gasteiger charge is 2.76. The molecular weight excluding hydrogens is 302 g/mol. The van der Waals surface area contributed by atoms with Crippen LogP contribution in [0.4, 0.5) is 0 Å². The Labute approximate surface area is 143 Å². The maximum absolute atomic E-state index is 10.5. The van der Waals surface area contributed by atoms with Crippen LogP contribution in [0.1, 0.15) is 58.8 Å². The second-order valence-electron chi connectivity index (χ2n) is 9.51. The van der Waals surface area contributed by atoms with Crippen LogP contribution in [0.5, 0.6) is 0 Å². The zero-order chi connectivity index (χ0) is 16.9. The van der Waals surface area contributed by atoms with Crippen LogP contribution in [0.15, 0.2) is 11.3 Å². The topological polar surface area (TPSA) is 76.8 Å². The Morgan fingerprint density at radius 2 is 1.92 bits per heavy atom. The number of hydrogen-bond acceptors (Lipinski definition) is 4. The number of nitrogens with zero attached hydrogens (tertiary/aromatic N) is 1. The molecule has 2 N–H and O–H groups in total. The van der Waals surface area contributed by atoms with Gasteiger partial charge in [0.2, 0.25) is 0 Å². The summed E-state index contributed by atoms with van der Waals surface area (Å²) in [7, 11) is 0. The molecule has 5 aliphatic rings. The highest BCUT2D eigenvalue weighted by molar-refractivity contribution is 5.41. The Kier molecular flexibility index (Phi) is 2.77. The summed E-state index contributed by atoms with van der Waals surface area (Å²) in [6.45, 7) is 4.60. The molecule has 24 heavy (non-hydrogen) atoms. The van der Waals surface area contributed by atoms with Crippen molar-refractivity contribution in [2.75, 3.05) is 0 Å². The van der Waals surface area contributed by atoms with E-state index in [-0.39, 0.29) is 34.4 Å². The first-order chi connectivity index (χ1) is 11.4. The van der Waals surface area contributed by atoms with Crippen LogP contribution in [0.3, 0.4) is 0 Å². The van der Waals surface area contributed by atoms with Crippen LogP contribution in [0.25, 0.3) is 0 Å². The first kappa shape index (κ1) is 15.2. The van der Waals surface area contributed by atoms with E-state index in [0.717, 1.165) is 38.5 Å². The Bertz CT molecular complexity index is 681. The molecule has 5 rings (SSSR count). The summed E-state index contributed by atoms with van der Waals surface area (Å²) in [4.78, 5) is 0. The van der Waals surface area contributed by atoms with Crippen molar-refractivity contribution in [3.63, 3.8) is 0 Å². The van der Waals surface area contributed by atoms with Gasteiger partial charge in [-0.1, -0.05) is 13.8 Å². The van der Waals surface area contributed by atoms with E-state index < -0.39 is 0 Å². The molecule has 130 valence electrons. The SMILES string of the molecule is C[C@]12CC[C@H]3[C@@H](CC[C@@]45O[C@H]4C(O)=C(C#N)C[C@]35C)[C@H]1CC[C@H]2O. The fraction of sp³-hybridized carbons (Fsp3) is 0.850. The molecule has 1 heterocycles. The molecule has 4 fully saturated rings. The van der Waals surface area contributed by atoms with Crippen molar-refractivity contribution in [3.05, 3.63) is 11.3 Å². The van der Waals surface area contributed by atoms with Gasteiger partial charge in [0.15, 0.2) is 0 Å². The highest BCUT2D eigenvalue weighted by Crippen LogP contribution is 2.73. The second-order valence-corrected chi connectivity index (χ2v) is 9.51. The maximum Gasteiger partial charge on any atom is 0.146 e. The Morgan fingerprint density at radius 1 is 1.12 bits per heavy atom. The van der Waals surface area contributed by atoms with E-state index in [4.69, 9.17) is 4.74 Å². The summed E-state index contributed by atoms with van der Waals surface area (Å²) in [5.41, 5.74) is 0.336. The molecule has 4 nitrogen and oxygen atoms in total. The number of epoxide rings is 1. The van der Waals surface area contributed by atoms with Gasteiger partial charge < -0.3 is 14.9 Å². The van der Waals surface area contributed by atoms with Gasteiger partial charge in [0.25, 0.3) is 0 Å². The summed E-state index contributed by atoms with van der Waals surface area (Å²) >= 11 is 0. The van der Waals surface area contributed by atoms with Crippen molar-refractivity contribution < 1.29 is 14.9 Å². The van der Waals surface area contributed by atoms with Crippen LogP contribution < -0.4 is 0 Å². The third-order valence-corrected chi connectivity index (χ3v) is 8.95. The van der Waals surface area contributed by atoms with Gasteiger partial charge in [0, 0.05) is 5.41 Å². The van der Waals surface area contributed by atoms with Crippen molar-refractivity contribution in [3.8, 4) is 6.07 Å². The monoisotopic (exact) mass is 329 g/mol. The van der Waals surface area contributed by atoms with Gasteiger partial charge in [0.05, 0.1) is 17.7 Å². The number of hydrogen-bond donors (Lipinski definition) is 2. The molecule has 1 saturated heterocycles. The predicted octanol–water partition coefficient (Wildman–Crippen LogP) is 3.47. The number of aliphatic hydroxyl groups is 2. The minimum atomic E-state index is -0.241. The Balaban J connectivity index is 1.55. The molecule has 0 amide bonds. The molecule has 3 saturated carbocycles. The maximum atomic E-state index is 10.5. The zero-order valence-corrected chi connectivity index (χ0v) is 14.6. The van der Waals surface area contributed by atoms with E-state index in [2.05, 4.69) is 19.9 Å². The van der Waals surface area contributed by atoms with Crippen molar-refractivity contribution >= 4 is 0 Å². The van der Waals surface area contributed by atoms with Crippen LogP contribution in [0.2, 0.25) is 0 Å². The first-order valence-corrected chi connectivity index (χ1v) is 9.55. The molecule has 8 atom stereocenters. The molecule has 0 aromatic heterocycles. The Hall–Kier alpha value is -1.05. The normalized spacial score (nSPS) is 58.2. The summed E-state index contributed by atoms with van der Waals surface area (Å²) in [6.07, 6.45) is 6.65. The van der Waals surface area contributed by atoms with E-state index >= 15 is 0 Å². The van der Waals surface area contributed by atoms with E-state index in [9.17, 15) is 15.5 Å². The van der Waals surface area contributed by atoms with Gasteiger partial charge in [-0.3, -0.25) is 0 Å². The van der Waals surface area contributed by atoms with Crippen molar-refractivity contribution in [2.45, 2.75) is 76.6 Å². The first-order valence-electron chi connectivity index (χ1n) is 9.55. The highest BCUT2D eigenvalue weighted by atomic mass is 16.6. The van der Waals surface area contributed by atoms with Crippen LogP contribution in [0, 0.1) is 39.9 Å². The fourth-order valence-corrected chi connectivity index (χ4v) is 7.50.